The second kappa shape index (κ2) is 6.06. The van der Waals surface area contributed by atoms with Crippen LogP contribution in [-0.2, 0) is 17.8 Å². The molecule has 0 radical (unpaired) electrons. The minimum absolute atomic E-state index is 0.248. The molecular formula is C14H15NO4. The first-order valence-electron chi connectivity index (χ1n) is 5.83. The normalized spacial score (nSPS) is 10.4. The van der Waals surface area contributed by atoms with Gasteiger partial charge in [0, 0.05) is 6.54 Å². The van der Waals surface area contributed by atoms with Crippen molar-refractivity contribution in [1.29, 1.82) is 0 Å². The van der Waals surface area contributed by atoms with E-state index < -0.39 is 5.97 Å². The smallest absolute Gasteiger partial charge is 0.341 e. The van der Waals surface area contributed by atoms with Gasteiger partial charge in [0.25, 0.3) is 0 Å². The maximum absolute atomic E-state index is 11.2. The van der Waals surface area contributed by atoms with Crippen molar-refractivity contribution in [3.63, 3.8) is 0 Å². The van der Waals surface area contributed by atoms with Gasteiger partial charge in [0.05, 0.1) is 19.2 Å². The molecule has 0 spiro atoms. The topological polar surface area (TPSA) is 71.7 Å². The molecule has 1 aromatic heterocycles. The molecule has 0 bridgehead atoms. The standard InChI is InChI=1S/C14H15NO4/c1-18-14(17)11-6-13(19-9-11)8-15-7-10-2-4-12(16)5-3-10/h2-6,9,15-16H,7-8H2,1H3. The van der Waals surface area contributed by atoms with Crippen LogP contribution in [0.15, 0.2) is 41.0 Å². The highest BCUT2D eigenvalue weighted by Gasteiger charge is 2.09. The first-order valence-corrected chi connectivity index (χ1v) is 5.83. The van der Waals surface area contributed by atoms with E-state index in [1.165, 1.54) is 13.4 Å². The van der Waals surface area contributed by atoms with Gasteiger partial charge in [0.2, 0.25) is 0 Å². The molecule has 1 heterocycles. The van der Waals surface area contributed by atoms with Gasteiger partial charge in [-0.05, 0) is 23.8 Å². The van der Waals surface area contributed by atoms with Crippen LogP contribution in [0, 0.1) is 0 Å². The summed E-state index contributed by atoms with van der Waals surface area (Å²) in [5, 5.41) is 12.3. The molecule has 2 aromatic rings. The molecule has 0 saturated carbocycles. The quantitative estimate of drug-likeness (QED) is 0.806. The molecule has 0 fully saturated rings. The van der Waals surface area contributed by atoms with Crippen LogP contribution in [0.2, 0.25) is 0 Å². The van der Waals surface area contributed by atoms with Crippen molar-refractivity contribution in [2.24, 2.45) is 0 Å². The third-order valence-corrected chi connectivity index (χ3v) is 2.64. The fourth-order valence-corrected chi connectivity index (χ4v) is 1.64. The monoisotopic (exact) mass is 261 g/mol. The molecule has 0 aliphatic heterocycles. The van der Waals surface area contributed by atoms with Gasteiger partial charge in [0.15, 0.2) is 0 Å². The Labute approximate surface area is 110 Å². The number of nitrogens with one attached hydrogen (secondary N) is 1. The van der Waals surface area contributed by atoms with Gasteiger partial charge in [-0.3, -0.25) is 0 Å². The molecule has 19 heavy (non-hydrogen) atoms. The van der Waals surface area contributed by atoms with Gasteiger partial charge in [-0.2, -0.15) is 0 Å². The zero-order valence-electron chi connectivity index (χ0n) is 10.6. The SMILES string of the molecule is COC(=O)c1coc(CNCc2ccc(O)cc2)c1. The second-order valence-electron chi connectivity index (χ2n) is 4.06. The number of carbonyl (C=O) groups excluding carboxylic acids is 1. The third-order valence-electron chi connectivity index (χ3n) is 2.64. The molecule has 1 aromatic carbocycles. The van der Waals surface area contributed by atoms with E-state index in [-0.39, 0.29) is 5.75 Å². The third kappa shape index (κ3) is 3.59. The maximum Gasteiger partial charge on any atom is 0.341 e. The van der Waals surface area contributed by atoms with Crippen LogP contribution >= 0.6 is 0 Å². The maximum atomic E-state index is 11.2. The number of esters is 1. The minimum atomic E-state index is -0.409. The van der Waals surface area contributed by atoms with E-state index >= 15 is 0 Å². The van der Waals surface area contributed by atoms with Crippen LogP contribution in [0.5, 0.6) is 5.75 Å². The van der Waals surface area contributed by atoms with E-state index in [0.29, 0.717) is 24.4 Å². The van der Waals surface area contributed by atoms with Crippen LogP contribution in [0.1, 0.15) is 21.7 Å². The van der Waals surface area contributed by atoms with Crippen LogP contribution in [0.3, 0.4) is 0 Å². The number of hydrogen-bond donors (Lipinski definition) is 2. The fraction of sp³-hybridized carbons (Fsp3) is 0.214. The van der Waals surface area contributed by atoms with Crippen LogP contribution in [0.25, 0.3) is 0 Å². The number of phenolic OH excluding ortho intramolecular Hbond substituents is 1. The second-order valence-corrected chi connectivity index (χ2v) is 4.06. The van der Waals surface area contributed by atoms with Crippen LogP contribution < -0.4 is 5.32 Å². The molecule has 0 unspecified atom stereocenters. The van der Waals surface area contributed by atoms with Crippen molar-refractivity contribution in [2.75, 3.05) is 7.11 Å². The van der Waals surface area contributed by atoms with Crippen molar-refractivity contribution >= 4 is 5.97 Å². The Morgan fingerprint density at radius 1 is 1.32 bits per heavy atom. The molecule has 0 aliphatic carbocycles. The first kappa shape index (κ1) is 13.2. The minimum Gasteiger partial charge on any atom is -0.508 e. The van der Waals surface area contributed by atoms with Gasteiger partial charge in [-0.25, -0.2) is 4.79 Å². The summed E-state index contributed by atoms with van der Waals surface area (Å²) in [7, 11) is 1.33. The Morgan fingerprint density at radius 3 is 2.74 bits per heavy atom. The van der Waals surface area contributed by atoms with E-state index in [9.17, 15) is 4.79 Å². The van der Waals surface area contributed by atoms with Crippen molar-refractivity contribution in [1.82, 2.24) is 5.32 Å². The Kier molecular flexibility index (Phi) is 4.20. The van der Waals surface area contributed by atoms with Crippen LogP contribution in [0.4, 0.5) is 0 Å². The lowest BCUT2D eigenvalue weighted by molar-refractivity contribution is 0.0600. The largest absolute Gasteiger partial charge is 0.508 e. The van der Waals surface area contributed by atoms with Gasteiger partial charge in [0.1, 0.15) is 17.8 Å². The van der Waals surface area contributed by atoms with Crippen molar-refractivity contribution in [3.8, 4) is 5.75 Å². The molecule has 2 rings (SSSR count). The molecule has 0 atom stereocenters. The van der Waals surface area contributed by atoms with Gasteiger partial charge in [-0.1, -0.05) is 12.1 Å². The summed E-state index contributed by atoms with van der Waals surface area (Å²) in [4.78, 5) is 11.2. The number of methoxy groups -OCH3 is 1. The van der Waals surface area contributed by atoms with E-state index in [0.717, 1.165) is 5.56 Å². The van der Waals surface area contributed by atoms with Gasteiger partial charge < -0.3 is 19.6 Å². The average Bonchev–Trinajstić information content (AvgIpc) is 2.89. The van der Waals surface area contributed by atoms with E-state index in [1.54, 1.807) is 18.2 Å². The summed E-state index contributed by atoms with van der Waals surface area (Å²) in [5.41, 5.74) is 1.46. The summed E-state index contributed by atoms with van der Waals surface area (Å²) in [6.07, 6.45) is 1.38. The number of rotatable bonds is 5. The fourth-order valence-electron chi connectivity index (χ4n) is 1.64. The zero-order valence-corrected chi connectivity index (χ0v) is 10.6. The van der Waals surface area contributed by atoms with Gasteiger partial charge in [-0.15, -0.1) is 0 Å². The number of carbonyl (C=O) groups is 1. The number of aromatic hydroxyl groups is 1. The molecule has 5 heteroatoms. The number of furan rings is 1. The highest BCUT2D eigenvalue weighted by atomic mass is 16.5. The summed E-state index contributed by atoms with van der Waals surface area (Å²) in [6, 6.07) is 8.60. The first-order chi connectivity index (χ1) is 9.19. The number of phenols is 1. The Bertz CT molecular complexity index is 545. The highest BCUT2D eigenvalue weighted by molar-refractivity contribution is 5.88. The van der Waals surface area contributed by atoms with Crippen LogP contribution in [-0.4, -0.2) is 18.2 Å². The molecular weight excluding hydrogens is 246 g/mol. The molecule has 100 valence electrons. The van der Waals surface area contributed by atoms with E-state index in [1.807, 2.05) is 12.1 Å². The van der Waals surface area contributed by atoms with Crippen molar-refractivity contribution in [3.05, 3.63) is 53.5 Å². The number of benzene rings is 1. The summed E-state index contributed by atoms with van der Waals surface area (Å²) in [6.45, 7) is 1.16. The predicted octanol–water partition coefficient (Wildman–Crippen LogP) is 2.06. The van der Waals surface area contributed by atoms with E-state index in [2.05, 4.69) is 10.1 Å². The Balaban J connectivity index is 1.84. The lowest BCUT2D eigenvalue weighted by Gasteiger charge is -2.02. The average molecular weight is 261 g/mol. The molecule has 0 amide bonds. The Hall–Kier alpha value is -2.27. The predicted molar refractivity (Wildman–Crippen MR) is 68.7 cm³/mol. The highest BCUT2D eigenvalue weighted by Crippen LogP contribution is 2.11. The van der Waals surface area contributed by atoms with Gasteiger partial charge >= 0.3 is 5.97 Å². The lowest BCUT2D eigenvalue weighted by Crippen LogP contribution is -2.12. The summed E-state index contributed by atoms with van der Waals surface area (Å²) >= 11 is 0. The lowest BCUT2D eigenvalue weighted by atomic mass is 10.2. The zero-order chi connectivity index (χ0) is 13.7. The molecule has 0 saturated heterocycles. The Morgan fingerprint density at radius 2 is 2.05 bits per heavy atom. The van der Waals surface area contributed by atoms with Crippen molar-refractivity contribution in [2.45, 2.75) is 13.1 Å². The molecule has 2 N–H and O–H groups in total. The molecule has 5 nitrogen and oxygen atoms in total. The number of hydrogen-bond acceptors (Lipinski definition) is 5. The number of ether oxygens (including phenoxy) is 1. The molecule has 0 aliphatic rings. The van der Waals surface area contributed by atoms with Crippen molar-refractivity contribution < 1.29 is 19.1 Å². The summed E-state index contributed by atoms with van der Waals surface area (Å²) in [5.74, 6) is 0.505. The summed E-state index contributed by atoms with van der Waals surface area (Å²) < 4.78 is 9.83. The van der Waals surface area contributed by atoms with E-state index in [4.69, 9.17) is 9.52 Å².